The molecule has 0 saturated carbocycles. The molecule has 21 heavy (non-hydrogen) atoms. The van der Waals surface area contributed by atoms with Crippen LogP contribution < -0.4 is 10.1 Å². The number of ether oxygens (including phenoxy) is 2. The Morgan fingerprint density at radius 3 is 2.52 bits per heavy atom. The number of hydrogen-bond donors (Lipinski definition) is 1. The van der Waals surface area contributed by atoms with Crippen molar-refractivity contribution in [1.82, 2.24) is 5.32 Å². The number of rotatable bonds is 5. The second-order valence-electron chi connectivity index (χ2n) is 5.12. The Morgan fingerprint density at radius 2 is 1.90 bits per heavy atom. The molecule has 1 heterocycles. The first kappa shape index (κ1) is 16.1. The fraction of sp³-hybridized carbons (Fsp3) is 0.600. The standard InChI is InChI=1S/C15H20F3NO2/c1-20-8-9-21-14-3-2-12(10-13(14)15(16,17)18)11-4-6-19-7-5-11/h2-3,10-11,19H,4-9H2,1H3. The Labute approximate surface area is 122 Å². The summed E-state index contributed by atoms with van der Waals surface area (Å²) in [7, 11) is 1.48. The minimum Gasteiger partial charge on any atom is -0.491 e. The molecule has 2 rings (SSSR count). The Hall–Kier alpha value is -1.27. The average molecular weight is 303 g/mol. The summed E-state index contributed by atoms with van der Waals surface area (Å²) in [5, 5.41) is 3.21. The first-order chi connectivity index (χ1) is 10.0. The van der Waals surface area contributed by atoms with Crippen molar-refractivity contribution in [2.75, 3.05) is 33.4 Å². The topological polar surface area (TPSA) is 30.5 Å². The van der Waals surface area contributed by atoms with Crippen LogP contribution in [0.2, 0.25) is 0 Å². The van der Waals surface area contributed by atoms with Crippen LogP contribution >= 0.6 is 0 Å². The van der Waals surface area contributed by atoms with Crippen molar-refractivity contribution in [3.63, 3.8) is 0 Å². The van der Waals surface area contributed by atoms with E-state index in [0.29, 0.717) is 0 Å². The van der Waals surface area contributed by atoms with Crippen molar-refractivity contribution < 1.29 is 22.6 Å². The summed E-state index contributed by atoms with van der Waals surface area (Å²) in [5.41, 5.74) is 0.0394. The van der Waals surface area contributed by atoms with Crippen LogP contribution in [0.1, 0.15) is 29.9 Å². The van der Waals surface area contributed by atoms with Gasteiger partial charge in [-0.1, -0.05) is 6.07 Å². The van der Waals surface area contributed by atoms with E-state index in [1.165, 1.54) is 19.2 Å². The van der Waals surface area contributed by atoms with Crippen molar-refractivity contribution >= 4 is 0 Å². The average Bonchev–Trinajstić information content (AvgIpc) is 2.47. The van der Waals surface area contributed by atoms with E-state index in [1.54, 1.807) is 6.07 Å². The molecule has 0 spiro atoms. The summed E-state index contributed by atoms with van der Waals surface area (Å²) in [6, 6.07) is 4.40. The smallest absolute Gasteiger partial charge is 0.419 e. The predicted molar refractivity (Wildman–Crippen MR) is 73.7 cm³/mol. The molecule has 6 heteroatoms. The van der Waals surface area contributed by atoms with Gasteiger partial charge in [0.25, 0.3) is 0 Å². The Balaban J connectivity index is 2.21. The molecule has 1 saturated heterocycles. The zero-order valence-corrected chi connectivity index (χ0v) is 12.0. The quantitative estimate of drug-likeness (QED) is 0.847. The number of methoxy groups -OCH3 is 1. The van der Waals surface area contributed by atoms with Crippen LogP contribution in [0.3, 0.4) is 0 Å². The molecule has 1 aliphatic rings. The maximum Gasteiger partial charge on any atom is 0.419 e. The molecule has 1 fully saturated rings. The third kappa shape index (κ3) is 4.35. The monoisotopic (exact) mass is 303 g/mol. The van der Waals surface area contributed by atoms with E-state index in [4.69, 9.17) is 9.47 Å². The molecule has 0 aromatic heterocycles. The van der Waals surface area contributed by atoms with E-state index >= 15 is 0 Å². The molecule has 0 radical (unpaired) electrons. The molecule has 0 aliphatic carbocycles. The van der Waals surface area contributed by atoms with E-state index in [-0.39, 0.29) is 24.9 Å². The minimum absolute atomic E-state index is 0.103. The fourth-order valence-corrected chi connectivity index (χ4v) is 2.54. The van der Waals surface area contributed by atoms with Crippen LogP contribution in [0.15, 0.2) is 18.2 Å². The summed E-state index contributed by atoms with van der Waals surface area (Å²) in [4.78, 5) is 0. The van der Waals surface area contributed by atoms with Crippen molar-refractivity contribution in [3.8, 4) is 5.75 Å². The molecular formula is C15H20F3NO2. The van der Waals surface area contributed by atoms with Gasteiger partial charge in [-0.15, -0.1) is 0 Å². The predicted octanol–water partition coefficient (Wildman–Crippen LogP) is 3.20. The molecule has 0 atom stereocenters. The van der Waals surface area contributed by atoms with E-state index in [1.807, 2.05) is 0 Å². The third-order valence-corrected chi connectivity index (χ3v) is 3.66. The lowest BCUT2D eigenvalue weighted by atomic mass is 9.89. The fourth-order valence-electron chi connectivity index (χ4n) is 2.54. The Kier molecular flexibility index (Phi) is 5.47. The van der Waals surface area contributed by atoms with Crippen molar-refractivity contribution in [2.45, 2.75) is 24.9 Å². The Morgan fingerprint density at radius 1 is 1.19 bits per heavy atom. The van der Waals surface area contributed by atoms with Crippen LogP contribution in [-0.4, -0.2) is 33.4 Å². The van der Waals surface area contributed by atoms with Gasteiger partial charge in [0.15, 0.2) is 0 Å². The van der Waals surface area contributed by atoms with Crippen LogP contribution in [0.5, 0.6) is 5.75 Å². The van der Waals surface area contributed by atoms with Crippen LogP contribution in [0, 0.1) is 0 Å². The molecule has 0 unspecified atom stereocenters. The maximum atomic E-state index is 13.2. The Bertz CT molecular complexity index is 457. The number of nitrogens with one attached hydrogen (secondary N) is 1. The zero-order valence-electron chi connectivity index (χ0n) is 12.0. The van der Waals surface area contributed by atoms with Gasteiger partial charge in [0.05, 0.1) is 12.2 Å². The normalized spacial score (nSPS) is 17.0. The van der Waals surface area contributed by atoms with Gasteiger partial charge >= 0.3 is 6.18 Å². The number of hydrogen-bond acceptors (Lipinski definition) is 3. The van der Waals surface area contributed by atoms with Gasteiger partial charge in [-0.3, -0.25) is 0 Å². The molecule has 0 bridgehead atoms. The van der Waals surface area contributed by atoms with E-state index in [2.05, 4.69) is 5.32 Å². The second kappa shape index (κ2) is 7.13. The largest absolute Gasteiger partial charge is 0.491 e. The van der Waals surface area contributed by atoms with Crippen LogP contribution in [-0.2, 0) is 10.9 Å². The molecule has 3 nitrogen and oxygen atoms in total. The third-order valence-electron chi connectivity index (χ3n) is 3.66. The molecular weight excluding hydrogens is 283 g/mol. The van der Waals surface area contributed by atoms with Gasteiger partial charge in [-0.05, 0) is 49.5 Å². The van der Waals surface area contributed by atoms with E-state index < -0.39 is 11.7 Å². The lowest BCUT2D eigenvalue weighted by Gasteiger charge is -2.24. The van der Waals surface area contributed by atoms with Gasteiger partial charge in [0.2, 0.25) is 0 Å². The molecule has 1 aliphatic heterocycles. The molecule has 1 aromatic rings. The van der Waals surface area contributed by atoms with Gasteiger partial charge in [0, 0.05) is 7.11 Å². The van der Waals surface area contributed by atoms with E-state index in [9.17, 15) is 13.2 Å². The lowest BCUT2D eigenvalue weighted by Crippen LogP contribution is -2.26. The number of alkyl halides is 3. The lowest BCUT2D eigenvalue weighted by molar-refractivity contribution is -0.139. The number of piperidine rings is 1. The SMILES string of the molecule is COCCOc1ccc(C2CCNCC2)cc1C(F)(F)F. The minimum atomic E-state index is -4.41. The van der Waals surface area contributed by atoms with Gasteiger partial charge in [-0.2, -0.15) is 13.2 Å². The summed E-state index contributed by atoms with van der Waals surface area (Å²) in [5.74, 6) is 0.0533. The van der Waals surface area contributed by atoms with Gasteiger partial charge < -0.3 is 14.8 Å². The van der Waals surface area contributed by atoms with Crippen molar-refractivity contribution in [2.24, 2.45) is 0 Å². The summed E-state index contributed by atoms with van der Waals surface area (Å²) in [6.45, 7) is 2.05. The number of benzene rings is 1. The van der Waals surface area contributed by atoms with Crippen molar-refractivity contribution in [1.29, 1.82) is 0 Å². The summed E-state index contributed by atoms with van der Waals surface area (Å²) >= 11 is 0. The molecule has 118 valence electrons. The van der Waals surface area contributed by atoms with Gasteiger partial charge in [-0.25, -0.2) is 0 Å². The summed E-state index contributed by atoms with van der Waals surface area (Å²) < 4.78 is 49.5. The van der Waals surface area contributed by atoms with E-state index in [0.717, 1.165) is 31.5 Å². The highest BCUT2D eigenvalue weighted by molar-refractivity contribution is 5.40. The molecule has 1 aromatic carbocycles. The van der Waals surface area contributed by atoms with Crippen LogP contribution in [0.4, 0.5) is 13.2 Å². The first-order valence-corrected chi connectivity index (χ1v) is 7.06. The summed E-state index contributed by atoms with van der Waals surface area (Å²) in [6.07, 6.45) is -2.69. The molecule has 0 amide bonds. The first-order valence-electron chi connectivity index (χ1n) is 7.06. The highest BCUT2D eigenvalue weighted by atomic mass is 19.4. The zero-order chi connectivity index (χ0) is 15.3. The maximum absolute atomic E-state index is 13.2. The second-order valence-corrected chi connectivity index (χ2v) is 5.12. The molecule has 1 N–H and O–H groups in total. The van der Waals surface area contributed by atoms with Gasteiger partial charge in [0.1, 0.15) is 12.4 Å². The van der Waals surface area contributed by atoms with Crippen LogP contribution in [0.25, 0.3) is 0 Å². The van der Waals surface area contributed by atoms with Crippen molar-refractivity contribution in [3.05, 3.63) is 29.3 Å². The highest BCUT2D eigenvalue weighted by Crippen LogP contribution is 2.39. The number of halogens is 3. The highest BCUT2D eigenvalue weighted by Gasteiger charge is 2.35.